The smallest absolute Gasteiger partial charge is 0.263 e. The second-order valence-electron chi connectivity index (χ2n) is 7.08. The molecular formula is C18H23Cl2N5O2. The lowest BCUT2D eigenvalue weighted by atomic mass is 9.84. The number of carbonyl (C=O) groups is 1. The number of nitrogens with zero attached hydrogens (tertiary/aromatic N) is 3. The first-order chi connectivity index (χ1) is 12.6. The van der Waals surface area contributed by atoms with E-state index in [0.717, 1.165) is 25.2 Å². The van der Waals surface area contributed by atoms with Gasteiger partial charge in [0, 0.05) is 44.0 Å². The van der Waals surface area contributed by atoms with Crippen LogP contribution in [-0.4, -0.2) is 39.9 Å². The van der Waals surface area contributed by atoms with Crippen molar-refractivity contribution in [1.82, 2.24) is 25.0 Å². The molecule has 2 bridgehead atoms. The quantitative estimate of drug-likeness (QED) is 0.732. The summed E-state index contributed by atoms with van der Waals surface area (Å²) in [4.78, 5) is 25.2. The standard InChI is InChI=1S/C18H22ClN5O2.ClH/c19-14-9-22-23(11-14)5-1-4-21-17(25)15-2-3-16-13-6-12(7-20-8-13)10-24(16)18(15)26;/h2-3,9,11-13,20H,1,4-8,10H2,(H,21,25);1H/t12-,13+;/m0./s1. The van der Waals surface area contributed by atoms with E-state index in [-0.39, 0.29) is 29.4 Å². The molecule has 0 aromatic carbocycles. The summed E-state index contributed by atoms with van der Waals surface area (Å²) in [5.74, 6) is 0.531. The molecule has 0 aliphatic carbocycles. The van der Waals surface area contributed by atoms with Crippen LogP contribution < -0.4 is 16.2 Å². The lowest BCUT2D eigenvalue weighted by molar-refractivity contribution is 0.0949. The van der Waals surface area contributed by atoms with Crippen molar-refractivity contribution in [2.75, 3.05) is 19.6 Å². The topological polar surface area (TPSA) is 81.0 Å². The molecule has 2 aliphatic heterocycles. The molecule has 1 saturated heterocycles. The Hall–Kier alpha value is -1.83. The van der Waals surface area contributed by atoms with E-state index in [4.69, 9.17) is 11.6 Å². The second kappa shape index (κ2) is 8.46. The number of aromatic nitrogens is 3. The van der Waals surface area contributed by atoms with Gasteiger partial charge in [0.25, 0.3) is 11.5 Å². The van der Waals surface area contributed by atoms with Crippen molar-refractivity contribution < 1.29 is 4.79 Å². The minimum absolute atomic E-state index is 0. The van der Waals surface area contributed by atoms with E-state index in [1.165, 1.54) is 0 Å². The van der Waals surface area contributed by atoms with Gasteiger partial charge >= 0.3 is 0 Å². The number of aryl methyl sites for hydroxylation is 1. The number of pyridine rings is 1. The van der Waals surface area contributed by atoms with E-state index in [0.29, 0.717) is 42.9 Å². The molecule has 0 unspecified atom stereocenters. The number of piperidine rings is 1. The van der Waals surface area contributed by atoms with Gasteiger partial charge in [-0.15, -0.1) is 12.4 Å². The van der Waals surface area contributed by atoms with Gasteiger partial charge in [0.05, 0.1) is 11.2 Å². The molecule has 7 nitrogen and oxygen atoms in total. The fraction of sp³-hybridized carbons (Fsp3) is 0.500. The van der Waals surface area contributed by atoms with E-state index in [1.807, 2.05) is 6.07 Å². The van der Waals surface area contributed by atoms with Crippen LogP contribution in [0.5, 0.6) is 0 Å². The zero-order valence-corrected chi connectivity index (χ0v) is 16.4. The van der Waals surface area contributed by atoms with E-state index in [1.54, 1.807) is 27.7 Å². The van der Waals surface area contributed by atoms with E-state index >= 15 is 0 Å². The van der Waals surface area contributed by atoms with Crippen LogP contribution in [0, 0.1) is 5.92 Å². The largest absolute Gasteiger partial charge is 0.352 e. The van der Waals surface area contributed by atoms with Crippen molar-refractivity contribution in [3.63, 3.8) is 0 Å². The Bertz CT molecular complexity index is 879. The molecule has 2 aromatic rings. The number of carbonyl (C=O) groups excluding carboxylic acids is 1. The Labute approximate surface area is 168 Å². The van der Waals surface area contributed by atoms with Crippen LogP contribution >= 0.6 is 24.0 Å². The Kier molecular flexibility index (Phi) is 6.24. The van der Waals surface area contributed by atoms with Crippen LogP contribution in [0.2, 0.25) is 5.02 Å². The van der Waals surface area contributed by atoms with E-state index in [9.17, 15) is 9.59 Å². The summed E-state index contributed by atoms with van der Waals surface area (Å²) >= 11 is 5.82. The summed E-state index contributed by atoms with van der Waals surface area (Å²) in [5, 5.41) is 10.9. The average molecular weight is 412 g/mol. The van der Waals surface area contributed by atoms with Gasteiger partial charge in [0.1, 0.15) is 5.56 Å². The third-order valence-corrected chi connectivity index (χ3v) is 5.40. The van der Waals surface area contributed by atoms with Crippen LogP contribution in [0.15, 0.2) is 29.3 Å². The predicted molar refractivity (Wildman–Crippen MR) is 106 cm³/mol. The van der Waals surface area contributed by atoms with Crippen molar-refractivity contribution in [2.45, 2.75) is 31.8 Å². The van der Waals surface area contributed by atoms with Gasteiger partial charge in [0.2, 0.25) is 0 Å². The molecule has 2 atom stereocenters. The molecule has 4 rings (SSSR count). The number of hydrogen-bond donors (Lipinski definition) is 2. The zero-order chi connectivity index (χ0) is 18.1. The van der Waals surface area contributed by atoms with Gasteiger partial charge in [0.15, 0.2) is 0 Å². The third-order valence-electron chi connectivity index (χ3n) is 5.20. The first kappa shape index (κ1) is 19.9. The van der Waals surface area contributed by atoms with Gasteiger partial charge in [-0.2, -0.15) is 5.10 Å². The van der Waals surface area contributed by atoms with Crippen LogP contribution in [-0.2, 0) is 13.1 Å². The van der Waals surface area contributed by atoms with Crippen molar-refractivity contribution in [3.8, 4) is 0 Å². The molecule has 2 aromatic heterocycles. The highest BCUT2D eigenvalue weighted by molar-refractivity contribution is 6.30. The number of hydrogen-bond acceptors (Lipinski definition) is 4. The summed E-state index contributed by atoms with van der Waals surface area (Å²) in [6, 6.07) is 3.61. The lowest BCUT2D eigenvalue weighted by Gasteiger charge is -2.37. The van der Waals surface area contributed by atoms with Crippen LogP contribution in [0.1, 0.15) is 34.8 Å². The molecule has 0 radical (unpaired) electrons. The molecule has 2 N–H and O–H groups in total. The number of amides is 1. The van der Waals surface area contributed by atoms with E-state index in [2.05, 4.69) is 15.7 Å². The first-order valence-corrected chi connectivity index (χ1v) is 9.40. The highest BCUT2D eigenvalue weighted by Crippen LogP contribution is 2.31. The predicted octanol–water partition coefficient (Wildman–Crippen LogP) is 1.65. The minimum Gasteiger partial charge on any atom is -0.352 e. The number of halogens is 2. The van der Waals surface area contributed by atoms with Crippen molar-refractivity contribution in [3.05, 3.63) is 51.2 Å². The lowest BCUT2D eigenvalue weighted by Crippen LogP contribution is -2.46. The Balaban J connectivity index is 0.00000210. The number of rotatable bonds is 5. The summed E-state index contributed by atoms with van der Waals surface area (Å²) in [6.45, 7) is 3.67. The van der Waals surface area contributed by atoms with Gasteiger partial charge in [-0.25, -0.2) is 0 Å². The average Bonchev–Trinajstić information content (AvgIpc) is 3.05. The maximum absolute atomic E-state index is 12.8. The summed E-state index contributed by atoms with van der Waals surface area (Å²) in [6.07, 6.45) is 5.16. The second-order valence-corrected chi connectivity index (χ2v) is 7.51. The molecular weight excluding hydrogens is 389 g/mol. The summed E-state index contributed by atoms with van der Waals surface area (Å²) < 4.78 is 3.54. The zero-order valence-electron chi connectivity index (χ0n) is 14.9. The maximum Gasteiger partial charge on any atom is 0.263 e. The molecule has 4 heterocycles. The molecule has 0 spiro atoms. The van der Waals surface area contributed by atoms with Gasteiger partial charge in [-0.3, -0.25) is 14.3 Å². The maximum atomic E-state index is 12.8. The first-order valence-electron chi connectivity index (χ1n) is 9.02. The third kappa shape index (κ3) is 4.20. The van der Waals surface area contributed by atoms with E-state index < -0.39 is 0 Å². The SMILES string of the molecule is Cl.O=C(NCCCn1cc(Cl)cn1)c1ccc2n(c1=O)C[C@@H]1CNC[C@H]2C1. The van der Waals surface area contributed by atoms with Gasteiger partial charge in [-0.1, -0.05) is 11.6 Å². The molecule has 146 valence electrons. The molecule has 2 aliphatic rings. The van der Waals surface area contributed by atoms with Crippen LogP contribution in [0.3, 0.4) is 0 Å². The monoisotopic (exact) mass is 411 g/mol. The normalized spacial score (nSPS) is 20.5. The Morgan fingerprint density at radius 3 is 3.00 bits per heavy atom. The fourth-order valence-electron chi connectivity index (χ4n) is 3.96. The van der Waals surface area contributed by atoms with Crippen molar-refractivity contribution in [2.24, 2.45) is 5.92 Å². The molecule has 1 fully saturated rings. The highest BCUT2D eigenvalue weighted by Gasteiger charge is 2.31. The Morgan fingerprint density at radius 2 is 2.22 bits per heavy atom. The fourth-order valence-corrected chi connectivity index (χ4v) is 4.12. The molecule has 27 heavy (non-hydrogen) atoms. The van der Waals surface area contributed by atoms with Gasteiger partial charge in [-0.05, 0) is 37.4 Å². The van der Waals surface area contributed by atoms with Crippen LogP contribution in [0.4, 0.5) is 0 Å². The minimum atomic E-state index is -0.308. The van der Waals surface area contributed by atoms with Crippen molar-refractivity contribution >= 4 is 29.9 Å². The Morgan fingerprint density at radius 1 is 1.37 bits per heavy atom. The van der Waals surface area contributed by atoms with Gasteiger partial charge < -0.3 is 15.2 Å². The number of nitrogens with one attached hydrogen (secondary N) is 2. The summed E-state index contributed by atoms with van der Waals surface area (Å²) in [7, 11) is 0. The number of fused-ring (bicyclic) bond motifs is 4. The molecule has 0 saturated carbocycles. The van der Waals surface area contributed by atoms with Crippen molar-refractivity contribution in [1.29, 1.82) is 0 Å². The molecule has 9 heteroatoms. The highest BCUT2D eigenvalue weighted by atomic mass is 35.5. The van der Waals surface area contributed by atoms with Crippen LogP contribution in [0.25, 0.3) is 0 Å². The molecule has 1 amide bonds. The summed E-state index contributed by atoms with van der Waals surface area (Å²) in [5.41, 5.74) is 1.10.